The summed E-state index contributed by atoms with van der Waals surface area (Å²) in [5.41, 5.74) is 4.10. The Bertz CT molecular complexity index is 1250. The number of rotatable bonds is 7. The Morgan fingerprint density at radius 1 is 0.882 bits per heavy atom. The maximum Gasteiger partial charge on any atom is 0.309 e. The van der Waals surface area contributed by atoms with Gasteiger partial charge in [0.25, 0.3) is 0 Å². The van der Waals surface area contributed by atoms with Crippen LogP contribution in [0.4, 0.5) is 0 Å². The molecule has 0 aliphatic heterocycles. The number of carbonyl (C=O) groups is 2. The zero-order valence-electron chi connectivity index (χ0n) is 20.0. The number of benzene rings is 2. The van der Waals surface area contributed by atoms with Crippen LogP contribution in [0.3, 0.4) is 0 Å². The second kappa shape index (κ2) is 7.56. The molecule has 0 atom stereocenters. The molecular weight excluding hydrogens is 422 g/mol. The topological polar surface area (TPSA) is 59.3 Å². The largest absolute Gasteiger partial charge is 0.481 e. The predicted molar refractivity (Wildman–Crippen MR) is 133 cm³/mol. The number of carboxylic acids is 1. The number of carboxylic acid groups (broad SMARTS) is 1. The molecule has 1 N–H and O–H groups in total. The van der Waals surface area contributed by atoms with Crippen LogP contribution in [0.15, 0.2) is 54.7 Å². The monoisotopic (exact) mass is 455 g/mol. The van der Waals surface area contributed by atoms with Gasteiger partial charge in [-0.05, 0) is 86.8 Å². The number of carbonyl (C=O) groups excluding carboxylic acids is 1. The van der Waals surface area contributed by atoms with E-state index in [1.807, 2.05) is 12.1 Å². The molecule has 0 radical (unpaired) electrons. The highest BCUT2D eigenvalue weighted by Gasteiger charge is 2.65. The molecule has 4 aliphatic rings. The van der Waals surface area contributed by atoms with Crippen molar-refractivity contribution in [3.8, 4) is 0 Å². The summed E-state index contributed by atoms with van der Waals surface area (Å²) in [6, 6.07) is 16.8. The summed E-state index contributed by atoms with van der Waals surface area (Å²) >= 11 is 0. The fourth-order valence-corrected chi connectivity index (χ4v) is 7.26. The average Bonchev–Trinajstić information content (AvgIpc) is 3.54. The Morgan fingerprint density at radius 3 is 2.18 bits per heavy atom. The lowest BCUT2D eigenvalue weighted by Gasteiger charge is -2.55. The van der Waals surface area contributed by atoms with Crippen LogP contribution in [0, 0.1) is 23.2 Å². The van der Waals surface area contributed by atoms with Gasteiger partial charge in [0.2, 0.25) is 0 Å². The van der Waals surface area contributed by atoms with Crippen molar-refractivity contribution < 1.29 is 14.7 Å². The summed E-state index contributed by atoms with van der Waals surface area (Å²) in [5.74, 6) is -0.357. The first-order chi connectivity index (χ1) is 16.4. The van der Waals surface area contributed by atoms with Crippen LogP contribution >= 0.6 is 0 Å². The number of aromatic nitrogens is 1. The van der Waals surface area contributed by atoms with E-state index in [1.165, 1.54) is 11.1 Å². The fourth-order valence-electron chi connectivity index (χ4n) is 7.26. The van der Waals surface area contributed by atoms with Gasteiger partial charge >= 0.3 is 5.97 Å². The van der Waals surface area contributed by atoms with Gasteiger partial charge < -0.3 is 9.67 Å². The van der Waals surface area contributed by atoms with E-state index in [0.717, 1.165) is 74.4 Å². The van der Waals surface area contributed by atoms with Gasteiger partial charge in [-0.25, -0.2) is 0 Å². The lowest BCUT2D eigenvalue weighted by atomic mass is 9.48. The standard InChI is InChI=1S/C30H33NO3/c1-21-5-7-22(8-6-21)20-31-18-9-23-3-2-4-24(26(23)31)25(32)19-30(16-17-30)29-13-10-28(11-14-29,12-15-29)27(33)34/h2-9,18H,10-17,19-20H2,1H3,(H,33,34). The number of ketones is 1. The molecule has 3 aromatic rings. The van der Waals surface area contributed by atoms with Gasteiger partial charge in [-0.15, -0.1) is 0 Å². The summed E-state index contributed by atoms with van der Waals surface area (Å²) in [5, 5.41) is 10.9. The molecule has 7 rings (SSSR count). The molecule has 176 valence electrons. The van der Waals surface area contributed by atoms with E-state index < -0.39 is 11.4 Å². The highest BCUT2D eigenvalue weighted by molar-refractivity contribution is 6.07. The number of nitrogens with zero attached hydrogens (tertiary/aromatic N) is 1. The number of para-hydroxylation sites is 1. The molecule has 1 heterocycles. The molecular formula is C30H33NO3. The third-order valence-electron chi connectivity index (χ3n) is 9.74. The second-order valence-electron chi connectivity index (χ2n) is 11.4. The molecule has 34 heavy (non-hydrogen) atoms. The van der Waals surface area contributed by atoms with E-state index in [9.17, 15) is 14.7 Å². The van der Waals surface area contributed by atoms with E-state index in [-0.39, 0.29) is 16.6 Å². The van der Waals surface area contributed by atoms with Gasteiger partial charge in [-0.1, -0.05) is 42.0 Å². The molecule has 0 saturated heterocycles. The SMILES string of the molecule is Cc1ccc(Cn2ccc3cccc(C(=O)CC4(C56CCC(C(=O)O)(CC5)CC6)CC4)c32)cc1. The van der Waals surface area contributed by atoms with Crippen LogP contribution in [-0.2, 0) is 11.3 Å². The minimum atomic E-state index is -0.609. The Balaban J connectivity index is 1.27. The number of aryl methyl sites for hydroxylation is 1. The van der Waals surface area contributed by atoms with Crippen LogP contribution in [0.1, 0.15) is 79.3 Å². The first-order valence-electron chi connectivity index (χ1n) is 12.8. The maximum atomic E-state index is 13.8. The van der Waals surface area contributed by atoms with Gasteiger partial charge in [0, 0.05) is 30.1 Å². The minimum Gasteiger partial charge on any atom is -0.481 e. The van der Waals surface area contributed by atoms with E-state index >= 15 is 0 Å². The Morgan fingerprint density at radius 2 is 1.56 bits per heavy atom. The molecule has 4 nitrogen and oxygen atoms in total. The van der Waals surface area contributed by atoms with Crippen molar-refractivity contribution >= 4 is 22.7 Å². The zero-order chi connectivity index (χ0) is 23.6. The molecule has 2 bridgehead atoms. The molecule has 1 aromatic heterocycles. The van der Waals surface area contributed by atoms with E-state index in [4.69, 9.17) is 0 Å². The highest BCUT2D eigenvalue weighted by atomic mass is 16.4. The molecule has 2 aromatic carbocycles. The summed E-state index contributed by atoms with van der Waals surface area (Å²) in [6.45, 7) is 2.85. The number of aliphatic carboxylic acids is 1. The van der Waals surface area contributed by atoms with Gasteiger partial charge in [0.1, 0.15) is 0 Å². The number of hydrogen-bond donors (Lipinski definition) is 1. The maximum absolute atomic E-state index is 13.8. The average molecular weight is 456 g/mol. The third kappa shape index (κ3) is 3.25. The van der Waals surface area contributed by atoms with Gasteiger partial charge in [-0.2, -0.15) is 0 Å². The van der Waals surface area contributed by atoms with Crippen molar-refractivity contribution in [2.75, 3.05) is 0 Å². The van der Waals surface area contributed by atoms with Crippen LogP contribution in [-0.4, -0.2) is 21.4 Å². The third-order valence-corrected chi connectivity index (χ3v) is 9.74. The van der Waals surface area contributed by atoms with Gasteiger partial charge in [0.15, 0.2) is 5.78 Å². The number of fused-ring (bicyclic) bond motifs is 4. The molecule has 4 aliphatic carbocycles. The lowest BCUT2D eigenvalue weighted by molar-refractivity contribution is -0.162. The molecule has 4 fully saturated rings. The molecule has 0 unspecified atom stereocenters. The first-order valence-corrected chi connectivity index (χ1v) is 12.8. The van der Waals surface area contributed by atoms with Crippen molar-refractivity contribution in [1.29, 1.82) is 0 Å². The molecule has 4 heteroatoms. The Kier molecular flexibility index (Phi) is 4.81. The van der Waals surface area contributed by atoms with E-state index in [1.54, 1.807) is 0 Å². The predicted octanol–water partition coefficient (Wildman–Crippen LogP) is 6.78. The quantitative estimate of drug-likeness (QED) is 0.400. The van der Waals surface area contributed by atoms with Gasteiger partial charge in [-0.3, -0.25) is 9.59 Å². The van der Waals surface area contributed by atoms with E-state index in [2.05, 4.69) is 54.1 Å². The summed E-state index contributed by atoms with van der Waals surface area (Å²) in [6.07, 6.45) is 10.2. The Labute approximate surface area is 201 Å². The van der Waals surface area contributed by atoms with Crippen LogP contribution in [0.2, 0.25) is 0 Å². The summed E-state index contributed by atoms with van der Waals surface area (Å²) in [7, 11) is 0. The normalized spacial score (nSPS) is 27.1. The number of hydrogen-bond acceptors (Lipinski definition) is 2. The zero-order valence-corrected chi connectivity index (χ0v) is 20.0. The number of Topliss-reactive ketones (excluding diaryl/α,β-unsaturated/α-hetero) is 1. The summed E-state index contributed by atoms with van der Waals surface area (Å²) < 4.78 is 2.22. The van der Waals surface area contributed by atoms with Crippen LogP contribution < -0.4 is 0 Å². The van der Waals surface area contributed by atoms with E-state index in [0.29, 0.717) is 6.42 Å². The summed E-state index contributed by atoms with van der Waals surface area (Å²) in [4.78, 5) is 25.7. The minimum absolute atomic E-state index is 0.0751. The molecule has 4 saturated carbocycles. The lowest BCUT2D eigenvalue weighted by Crippen LogP contribution is -2.50. The second-order valence-corrected chi connectivity index (χ2v) is 11.4. The molecule has 0 amide bonds. The first kappa shape index (κ1) is 21.6. The highest BCUT2D eigenvalue weighted by Crippen LogP contribution is 2.72. The van der Waals surface area contributed by atoms with Gasteiger partial charge in [0.05, 0.1) is 10.9 Å². The molecule has 0 spiro atoms. The van der Waals surface area contributed by atoms with Crippen molar-refractivity contribution in [2.45, 2.75) is 71.3 Å². The van der Waals surface area contributed by atoms with Crippen LogP contribution in [0.5, 0.6) is 0 Å². The Hall–Kier alpha value is -2.88. The van der Waals surface area contributed by atoms with Crippen molar-refractivity contribution in [3.63, 3.8) is 0 Å². The van der Waals surface area contributed by atoms with Crippen LogP contribution in [0.25, 0.3) is 10.9 Å². The van der Waals surface area contributed by atoms with Crippen molar-refractivity contribution in [1.82, 2.24) is 4.57 Å². The smallest absolute Gasteiger partial charge is 0.309 e. The van der Waals surface area contributed by atoms with Crippen molar-refractivity contribution in [3.05, 3.63) is 71.4 Å². The van der Waals surface area contributed by atoms with Crippen molar-refractivity contribution in [2.24, 2.45) is 16.2 Å². The fraction of sp³-hybridized carbons (Fsp3) is 0.467.